The molecule has 36 heavy (non-hydrogen) atoms. The van der Waals surface area contributed by atoms with Crippen molar-refractivity contribution in [3.05, 3.63) is 63.6 Å². The molecule has 9 nitrogen and oxygen atoms in total. The molecular formula is C24H24Cl2N2O7S. The second kappa shape index (κ2) is 12.3. The number of thiocarbonyl (C=S) groups is 1. The molecule has 3 rings (SSSR count). The summed E-state index contributed by atoms with van der Waals surface area (Å²) in [4.78, 5) is 46.5. The Labute approximate surface area is 222 Å². The van der Waals surface area contributed by atoms with E-state index in [9.17, 15) is 19.2 Å². The summed E-state index contributed by atoms with van der Waals surface area (Å²) >= 11 is 16.8. The number of aliphatic carboxylic acids is 2. The van der Waals surface area contributed by atoms with Gasteiger partial charge in [0, 0.05) is 24.8 Å². The van der Waals surface area contributed by atoms with Gasteiger partial charge >= 0.3 is 17.9 Å². The fraction of sp³-hybridized carbons (Fsp3) is 0.292. The number of hydrogen-bond acceptors (Lipinski definition) is 7. The average molecular weight is 555 g/mol. The minimum absolute atomic E-state index is 0.0883. The van der Waals surface area contributed by atoms with Crippen LogP contribution in [0, 0.1) is 0 Å². The first kappa shape index (κ1) is 29.2. The topological polar surface area (TPSA) is 147 Å². The van der Waals surface area contributed by atoms with Crippen molar-refractivity contribution in [2.24, 2.45) is 5.73 Å². The SMILES string of the molecule is CC(=O)N1CCC(=S)[C@H]1C(=O)O.C[C@](N)(Cc1ccc(OC(=O)c2c(Cl)cccc2Cl)cc1)C(=O)O. The monoisotopic (exact) mass is 554 g/mol. The number of carboxylic acid groups (broad SMARTS) is 2. The third-order valence-corrected chi connectivity index (χ3v) is 6.27. The largest absolute Gasteiger partial charge is 0.480 e. The lowest BCUT2D eigenvalue weighted by Gasteiger charge is -2.19. The number of likely N-dealkylation sites (tertiary alicyclic amines) is 1. The summed E-state index contributed by atoms with van der Waals surface area (Å²) in [5.74, 6) is -2.75. The third-order valence-electron chi connectivity index (χ3n) is 5.21. The molecule has 2 atom stereocenters. The predicted octanol–water partition coefficient (Wildman–Crippen LogP) is 3.62. The maximum atomic E-state index is 12.2. The Kier molecular flexibility index (Phi) is 9.94. The van der Waals surface area contributed by atoms with Crippen molar-refractivity contribution >= 4 is 64.1 Å². The van der Waals surface area contributed by atoms with Gasteiger partial charge in [-0.15, -0.1) is 0 Å². The van der Waals surface area contributed by atoms with Gasteiger partial charge in [0.15, 0.2) is 6.04 Å². The molecule has 2 aromatic carbocycles. The van der Waals surface area contributed by atoms with E-state index in [1.807, 2.05) is 0 Å². The fourth-order valence-electron chi connectivity index (χ4n) is 3.31. The molecule has 1 aliphatic rings. The molecule has 1 amide bonds. The Morgan fingerprint density at radius 2 is 1.67 bits per heavy atom. The molecule has 1 aliphatic heterocycles. The lowest BCUT2D eigenvalue weighted by molar-refractivity contribution is -0.145. The van der Waals surface area contributed by atoms with Crippen molar-refractivity contribution in [2.75, 3.05) is 6.54 Å². The van der Waals surface area contributed by atoms with E-state index in [1.165, 1.54) is 18.7 Å². The highest BCUT2D eigenvalue weighted by molar-refractivity contribution is 7.80. The van der Waals surface area contributed by atoms with Gasteiger partial charge < -0.3 is 25.6 Å². The number of ether oxygens (including phenoxy) is 1. The first-order valence-corrected chi connectivity index (χ1v) is 11.7. The molecule has 4 N–H and O–H groups in total. The standard InChI is InChI=1S/C17H15Cl2NO4.C7H9NO3S/c1-17(20,16(22)23)9-10-5-7-11(8-6-10)24-15(21)14-12(18)3-2-4-13(14)19;1-4(9)8-3-2-5(12)6(8)7(10)11/h2-8H,9,20H2,1H3,(H,22,23);6H,2-3H2,1H3,(H,10,11)/t17-;6-/m00/s1. The average Bonchev–Trinajstić information content (AvgIpc) is 3.17. The van der Waals surface area contributed by atoms with Gasteiger partial charge in [0.05, 0.1) is 15.6 Å². The Balaban J connectivity index is 0.000000319. The zero-order chi connectivity index (χ0) is 27.2. The summed E-state index contributed by atoms with van der Waals surface area (Å²) in [5.41, 5.74) is 5.13. The number of amides is 1. The van der Waals surface area contributed by atoms with Gasteiger partial charge in [-0.2, -0.15) is 0 Å². The van der Waals surface area contributed by atoms with Crippen LogP contribution in [0.15, 0.2) is 42.5 Å². The minimum Gasteiger partial charge on any atom is -0.480 e. The molecule has 0 saturated carbocycles. The molecule has 1 saturated heterocycles. The Morgan fingerprint density at radius 1 is 1.11 bits per heavy atom. The molecule has 12 heteroatoms. The van der Waals surface area contributed by atoms with Crippen LogP contribution in [0.2, 0.25) is 10.0 Å². The first-order valence-electron chi connectivity index (χ1n) is 10.5. The van der Waals surface area contributed by atoms with Gasteiger partial charge in [-0.1, -0.05) is 53.6 Å². The number of hydrogen-bond donors (Lipinski definition) is 3. The predicted molar refractivity (Wildman–Crippen MR) is 138 cm³/mol. The second-order valence-corrected chi connectivity index (χ2v) is 9.54. The zero-order valence-corrected chi connectivity index (χ0v) is 21.7. The number of rotatable bonds is 6. The Bertz CT molecular complexity index is 1170. The van der Waals surface area contributed by atoms with E-state index in [2.05, 4.69) is 0 Å². The van der Waals surface area contributed by atoms with Crippen LogP contribution in [0.1, 0.15) is 36.2 Å². The molecule has 0 bridgehead atoms. The van der Waals surface area contributed by atoms with E-state index in [0.717, 1.165) is 0 Å². The molecule has 0 aliphatic carbocycles. The number of halogens is 2. The maximum absolute atomic E-state index is 12.2. The molecule has 1 fully saturated rings. The van der Waals surface area contributed by atoms with Crippen molar-refractivity contribution in [3.8, 4) is 5.75 Å². The highest BCUT2D eigenvalue weighted by Crippen LogP contribution is 2.26. The molecule has 0 radical (unpaired) electrons. The van der Waals surface area contributed by atoms with Gasteiger partial charge in [0.1, 0.15) is 11.3 Å². The molecule has 0 spiro atoms. The molecule has 2 aromatic rings. The summed E-state index contributed by atoms with van der Waals surface area (Å²) in [7, 11) is 0. The van der Waals surface area contributed by atoms with Crippen LogP contribution >= 0.6 is 35.4 Å². The van der Waals surface area contributed by atoms with Gasteiger partial charge in [0.2, 0.25) is 5.91 Å². The number of esters is 1. The Morgan fingerprint density at radius 3 is 2.11 bits per heavy atom. The fourth-order valence-corrected chi connectivity index (χ4v) is 4.18. The van der Waals surface area contributed by atoms with Gasteiger partial charge in [0.25, 0.3) is 0 Å². The van der Waals surface area contributed by atoms with E-state index in [4.69, 9.17) is 56.1 Å². The second-order valence-electron chi connectivity index (χ2n) is 8.20. The summed E-state index contributed by atoms with van der Waals surface area (Å²) in [6.07, 6.45) is 0.665. The number of carbonyl (C=O) groups excluding carboxylic acids is 2. The molecular weight excluding hydrogens is 531 g/mol. The number of benzene rings is 2. The third kappa shape index (κ3) is 7.47. The smallest absolute Gasteiger partial charge is 0.346 e. The summed E-state index contributed by atoms with van der Waals surface area (Å²) in [5, 5.41) is 18.2. The molecule has 0 unspecified atom stereocenters. The summed E-state index contributed by atoms with van der Waals surface area (Å²) in [6, 6.07) is 10.2. The molecule has 0 aromatic heterocycles. The number of carboxylic acids is 2. The van der Waals surface area contributed by atoms with Crippen LogP contribution in [-0.4, -0.2) is 61.9 Å². The maximum Gasteiger partial charge on any atom is 0.346 e. The van der Waals surface area contributed by atoms with Crippen LogP contribution in [0.5, 0.6) is 5.75 Å². The van der Waals surface area contributed by atoms with E-state index < -0.39 is 29.5 Å². The number of carbonyl (C=O) groups is 4. The van der Waals surface area contributed by atoms with Crippen LogP contribution in [-0.2, 0) is 20.8 Å². The molecule has 192 valence electrons. The number of nitrogens with two attached hydrogens (primary N) is 1. The van der Waals surface area contributed by atoms with Gasteiger partial charge in [-0.3, -0.25) is 9.59 Å². The van der Waals surface area contributed by atoms with Crippen LogP contribution in [0.3, 0.4) is 0 Å². The first-order chi connectivity index (χ1) is 16.7. The van der Waals surface area contributed by atoms with Gasteiger partial charge in [-0.25, -0.2) is 9.59 Å². The summed E-state index contributed by atoms with van der Waals surface area (Å²) < 4.78 is 5.24. The lowest BCUT2D eigenvalue weighted by atomic mass is 9.94. The lowest BCUT2D eigenvalue weighted by Crippen LogP contribution is -2.46. The van der Waals surface area contributed by atoms with E-state index in [-0.39, 0.29) is 33.7 Å². The van der Waals surface area contributed by atoms with Crippen molar-refractivity contribution in [2.45, 2.75) is 38.3 Å². The van der Waals surface area contributed by atoms with Crippen molar-refractivity contribution in [1.29, 1.82) is 0 Å². The quantitative estimate of drug-likeness (QED) is 0.276. The highest BCUT2D eigenvalue weighted by atomic mass is 35.5. The van der Waals surface area contributed by atoms with Gasteiger partial charge in [-0.05, 0) is 43.2 Å². The Hall–Kier alpha value is -3.05. The van der Waals surface area contributed by atoms with Crippen molar-refractivity contribution in [3.63, 3.8) is 0 Å². The minimum atomic E-state index is -1.37. The van der Waals surface area contributed by atoms with Crippen LogP contribution in [0.4, 0.5) is 0 Å². The van der Waals surface area contributed by atoms with Crippen LogP contribution < -0.4 is 10.5 Å². The zero-order valence-electron chi connectivity index (χ0n) is 19.4. The van der Waals surface area contributed by atoms with Crippen molar-refractivity contribution < 1.29 is 34.1 Å². The normalized spacial score (nSPS) is 16.4. The highest BCUT2D eigenvalue weighted by Gasteiger charge is 2.36. The summed E-state index contributed by atoms with van der Waals surface area (Å²) in [6.45, 7) is 3.22. The molecule has 1 heterocycles. The number of nitrogens with zero attached hydrogens (tertiary/aromatic N) is 1. The van der Waals surface area contributed by atoms with E-state index in [1.54, 1.807) is 42.5 Å². The van der Waals surface area contributed by atoms with E-state index in [0.29, 0.717) is 23.4 Å². The van der Waals surface area contributed by atoms with Crippen LogP contribution in [0.25, 0.3) is 0 Å². The van der Waals surface area contributed by atoms with E-state index >= 15 is 0 Å². The van der Waals surface area contributed by atoms with Crippen molar-refractivity contribution in [1.82, 2.24) is 4.90 Å².